The molecule has 0 aromatic carbocycles. The third kappa shape index (κ3) is 2.78. The first-order chi connectivity index (χ1) is 7.31. The molecule has 0 heterocycles. The Kier molecular flexibility index (Phi) is 4.36. The summed E-state index contributed by atoms with van der Waals surface area (Å²) < 4.78 is 92.0. The summed E-state index contributed by atoms with van der Waals surface area (Å²) in [6.07, 6.45) is -5.55. The lowest BCUT2D eigenvalue weighted by molar-refractivity contribution is -0.321. The predicted molar refractivity (Wildman–Crippen MR) is 44.5 cm³/mol. The van der Waals surface area contributed by atoms with Crippen LogP contribution in [0.15, 0.2) is 0 Å². The highest BCUT2D eigenvalue weighted by Gasteiger charge is 2.74. The van der Waals surface area contributed by atoms with Crippen molar-refractivity contribution in [2.45, 2.75) is 31.2 Å². The molecular weight excluding hydrogens is 281 g/mol. The van der Waals surface area contributed by atoms with Gasteiger partial charge in [-0.2, -0.15) is 30.7 Å². The van der Waals surface area contributed by atoms with E-state index in [1.165, 1.54) is 0 Å². The van der Waals surface area contributed by atoms with Crippen molar-refractivity contribution in [2.24, 2.45) is 5.41 Å². The Morgan fingerprint density at radius 2 is 1.41 bits per heavy atom. The second-order valence-corrected chi connectivity index (χ2v) is 4.36. The van der Waals surface area contributed by atoms with Crippen LogP contribution >= 0.6 is 12.0 Å². The van der Waals surface area contributed by atoms with Crippen molar-refractivity contribution in [1.82, 2.24) is 0 Å². The average molecular weight is 288 g/mol. The van der Waals surface area contributed by atoms with Crippen LogP contribution in [-0.2, 0) is 8.98 Å². The molecule has 0 saturated carbocycles. The summed E-state index contributed by atoms with van der Waals surface area (Å²) >= 11 is -1.32. The minimum atomic E-state index is -5.55. The van der Waals surface area contributed by atoms with Crippen LogP contribution in [0.4, 0.5) is 30.7 Å². The second-order valence-electron chi connectivity index (χ2n) is 3.49. The molecule has 0 spiro atoms. The summed E-state index contributed by atoms with van der Waals surface area (Å²) in [7, 11) is 0. The maximum atomic E-state index is 13.1. The molecule has 0 aliphatic rings. The van der Waals surface area contributed by atoms with Gasteiger partial charge in [0.2, 0.25) is 0 Å². The van der Waals surface area contributed by atoms with Gasteiger partial charge in [0, 0.05) is 0 Å². The molecule has 2 nitrogen and oxygen atoms in total. The van der Waals surface area contributed by atoms with Gasteiger partial charge >= 0.3 is 23.8 Å². The van der Waals surface area contributed by atoms with E-state index in [1.54, 1.807) is 0 Å². The molecule has 0 aliphatic heterocycles. The summed E-state index contributed by atoms with van der Waals surface area (Å²) in [5.74, 6) is -5.45. The molecule has 0 aliphatic carbocycles. The molecular formula is C7H7F7O2S. The molecule has 0 N–H and O–H groups in total. The van der Waals surface area contributed by atoms with Crippen LogP contribution in [0.1, 0.15) is 13.8 Å². The maximum absolute atomic E-state index is 13.1. The fraction of sp³-hybridized carbons (Fsp3) is 0.857. The highest BCUT2D eigenvalue weighted by molar-refractivity contribution is 7.96. The standard InChI is InChI=1S/C7H7F7O2S/c1-4(2,6(10,11)12)5(8,9)7(13,14)17-16-3-15/h3H,1-2H3. The van der Waals surface area contributed by atoms with Crippen LogP contribution in [-0.4, -0.2) is 23.8 Å². The molecule has 102 valence electrons. The quantitative estimate of drug-likeness (QED) is 0.439. The first-order valence-electron chi connectivity index (χ1n) is 3.92. The molecule has 0 bridgehead atoms. The van der Waals surface area contributed by atoms with Crippen LogP contribution in [0.5, 0.6) is 0 Å². The first kappa shape index (κ1) is 16.3. The summed E-state index contributed by atoms with van der Waals surface area (Å²) in [6.45, 7) is -0.722. The third-order valence-electron chi connectivity index (χ3n) is 2.05. The second kappa shape index (κ2) is 4.54. The topological polar surface area (TPSA) is 26.3 Å². The van der Waals surface area contributed by atoms with Gasteiger partial charge in [0.15, 0.2) is 0 Å². The van der Waals surface area contributed by atoms with Crippen molar-refractivity contribution >= 4 is 18.5 Å². The highest BCUT2D eigenvalue weighted by Crippen LogP contribution is 2.58. The number of carbonyl (C=O) groups excluding carboxylic acids is 1. The molecule has 17 heavy (non-hydrogen) atoms. The van der Waals surface area contributed by atoms with Gasteiger partial charge in [0.25, 0.3) is 0 Å². The molecule has 0 saturated heterocycles. The van der Waals surface area contributed by atoms with E-state index >= 15 is 0 Å². The first-order valence-corrected chi connectivity index (χ1v) is 4.66. The Bertz CT molecular complexity index is 286. The molecule has 0 fully saturated rings. The minimum Gasteiger partial charge on any atom is -0.387 e. The number of rotatable bonds is 5. The van der Waals surface area contributed by atoms with Gasteiger partial charge < -0.3 is 4.18 Å². The summed E-state index contributed by atoms with van der Waals surface area (Å²) in [5, 5.41) is -5.20. The number of hydrogen-bond donors (Lipinski definition) is 0. The lowest BCUT2D eigenvalue weighted by Gasteiger charge is -2.38. The Balaban J connectivity index is 5.31. The fourth-order valence-corrected chi connectivity index (χ4v) is 1.19. The molecule has 10 heteroatoms. The zero-order chi connectivity index (χ0) is 14.1. The number of halogens is 7. The van der Waals surface area contributed by atoms with E-state index in [0.29, 0.717) is 0 Å². The summed E-state index contributed by atoms with van der Waals surface area (Å²) in [5.41, 5.74) is -3.98. The Hall–Kier alpha value is -0.670. The van der Waals surface area contributed by atoms with Gasteiger partial charge in [-0.1, -0.05) is 0 Å². The number of hydrogen-bond acceptors (Lipinski definition) is 3. The van der Waals surface area contributed by atoms with Gasteiger partial charge in [0.1, 0.15) is 17.5 Å². The van der Waals surface area contributed by atoms with E-state index < -0.39 is 41.3 Å². The maximum Gasteiger partial charge on any atom is 0.400 e. The molecule has 0 aromatic rings. The SMILES string of the molecule is CC(C)(C(F)(F)F)C(F)(F)C(F)(F)SOC=O. The smallest absolute Gasteiger partial charge is 0.387 e. The predicted octanol–water partition coefficient (Wildman–Crippen LogP) is 3.62. The molecule has 0 unspecified atom stereocenters. The van der Waals surface area contributed by atoms with E-state index in [0.717, 1.165) is 0 Å². The van der Waals surface area contributed by atoms with Crippen molar-refractivity contribution in [3.63, 3.8) is 0 Å². The van der Waals surface area contributed by atoms with E-state index in [9.17, 15) is 35.5 Å². The molecule has 0 atom stereocenters. The minimum absolute atomic E-state index is 0.0671. The largest absolute Gasteiger partial charge is 0.400 e. The van der Waals surface area contributed by atoms with E-state index in [-0.39, 0.29) is 13.8 Å². The zero-order valence-electron chi connectivity index (χ0n) is 8.45. The molecule has 0 rings (SSSR count). The van der Waals surface area contributed by atoms with Crippen LogP contribution in [0.3, 0.4) is 0 Å². The van der Waals surface area contributed by atoms with Crippen molar-refractivity contribution in [2.75, 3.05) is 0 Å². The summed E-state index contributed by atoms with van der Waals surface area (Å²) in [4.78, 5) is 9.58. The molecule has 0 amide bonds. The highest BCUT2D eigenvalue weighted by atomic mass is 32.2. The van der Waals surface area contributed by atoms with E-state index in [2.05, 4.69) is 4.18 Å². The number of carbonyl (C=O) groups is 1. The van der Waals surface area contributed by atoms with Gasteiger partial charge in [-0.25, -0.2) is 0 Å². The average Bonchev–Trinajstić information content (AvgIpc) is 2.12. The lowest BCUT2D eigenvalue weighted by Crippen LogP contribution is -2.56. The van der Waals surface area contributed by atoms with Crippen LogP contribution in [0.25, 0.3) is 0 Å². The van der Waals surface area contributed by atoms with E-state index in [4.69, 9.17) is 0 Å². The van der Waals surface area contributed by atoms with Crippen LogP contribution < -0.4 is 0 Å². The Morgan fingerprint density at radius 1 is 1.00 bits per heavy atom. The van der Waals surface area contributed by atoms with Crippen LogP contribution in [0, 0.1) is 5.41 Å². The van der Waals surface area contributed by atoms with E-state index in [1.807, 2.05) is 0 Å². The van der Waals surface area contributed by atoms with Gasteiger partial charge in [-0.05, 0) is 13.8 Å². The van der Waals surface area contributed by atoms with Gasteiger partial charge in [0.05, 0.1) is 0 Å². The molecule has 0 aromatic heterocycles. The monoisotopic (exact) mass is 288 g/mol. The van der Waals surface area contributed by atoms with Crippen molar-refractivity contribution in [1.29, 1.82) is 0 Å². The number of alkyl halides is 7. The van der Waals surface area contributed by atoms with Crippen LogP contribution in [0.2, 0.25) is 0 Å². The van der Waals surface area contributed by atoms with Crippen molar-refractivity contribution in [3.8, 4) is 0 Å². The Labute approximate surface area is 95.7 Å². The normalized spacial score (nSPS) is 14.6. The lowest BCUT2D eigenvalue weighted by atomic mass is 9.84. The van der Waals surface area contributed by atoms with Crippen molar-refractivity contribution < 1.29 is 39.7 Å². The summed E-state index contributed by atoms with van der Waals surface area (Å²) in [6, 6.07) is 0. The van der Waals surface area contributed by atoms with Crippen molar-refractivity contribution in [3.05, 3.63) is 0 Å². The third-order valence-corrected chi connectivity index (χ3v) is 2.69. The Morgan fingerprint density at radius 3 is 1.71 bits per heavy atom. The molecule has 0 radical (unpaired) electrons. The van der Waals surface area contributed by atoms with Gasteiger partial charge in [-0.15, -0.1) is 0 Å². The van der Waals surface area contributed by atoms with Gasteiger partial charge in [-0.3, -0.25) is 4.79 Å². The fourth-order valence-electron chi connectivity index (χ4n) is 0.674. The zero-order valence-corrected chi connectivity index (χ0v) is 9.26.